The summed E-state index contributed by atoms with van der Waals surface area (Å²) >= 11 is 0. The van der Waals surface area contributed by atoms with Gasteiger partial charge < -0.3 is 14.4 Å². The van der Waals surface area contributed by atoms with Gasteiger partial charge in [0.2, 0.25) is 5.91 Å². The first kappa shape index (κ1) is 14.2. The molecule has 1 saturated heterocycles. The van der Waals surface area contributed by atoms with Crippen LogP contribution in [0.3, 0.4) is 0 Å². The fraction of sp³-hybridized carbons (Fsp3) is 0.625. The second kappa shape index (κ2) is 5.92. The predicted molar refractivity (Wildman–Crippen MR) is 75.7 cm³/mol. The number of amides is 1. The highest BCUT2D eigenvalue weighted by Gasteiger charge is 2.47. The summed E-state index contributed by atoms with van der Waals surface area (Å²) in [4.78, 5) is 25.7. The molecule has 1 aromatic heterocycles. The molecular weight excluding hydrogens is 270 g/mol. The van der Waals surface area contributed by atoms with Gasteiger partial charge in [0, 0.05) is 18.9 Å². The van der Waals surface area contributed by atoms with Crippen molar-refractivity contribution in [2.45, 2.75) is 57.0 Å². The van der Waals surface area contributed by atoms with Crippen LogP contribution in [-0.2, 0) is 16.0 Å². The lowest BCUT2D eigenvalue weighted by Gasteiger charge is -2.33. The maximum Gasteiger partial charge on any atom is 0.326 e. The van der Waals surface area contributed by atoms with Crippen LogP contribution in [0.4, 0.5) is 0 Å². The highest BCUT2D eigenvalue weighted by Crippen LogP contribution is 2.40. The summed E-state index contributed by atoms with van der Waals surface area (Å²) in [7, 11) is 0. The first-order valence-electron chi connectivity index (χ1n) is 7.73. The van der Waals surface area contributed by atoms with Crippen LogP contribution in [-0.4, -0.2) is 34.0 Å². The van der Waals surface area contributed by atoms with Crippen LogP contribution in [0, 0.1) is 5.92 Å². The first-order chi connectivity index (χ1) is 10.2. The first-order valence-corrected chi connectivity index (χ1v) is 7.73. The van der Waals surface area contributed by atoms with Gasteiger partial charge in [0.1, 0.15) is 11.8 Å². The molecule has 2 fully saturated rings. The third kappa shape index (κ3) is 2.82. The van der Waals surface area contributed by atoms with Crippen molar-refractivity contribution in [3.63, 3.8) is 0 Å². The van der Waals surface area contributed by atoms with Gasteiger partial charge in [0.05, 0.1) is 6.26 Å². The van der Waals surface area contributed by atoms with Crippen molar-refractivity contribution >= 4 is 11.9 Å². The number of carboxylic acids is 1. The van der Waals surface area contributed by atoms with Gasteiger partial charge in [0.25, 0.3) is 0 Å². The van der Waals surface area contributed by atoms with E-state index in [-0.39, 0.29) is 11.9 Å². The molecule has 1 N–H and O–H groups in total. The number of fused-ring (bicyclic) bond motifs is 1. The van der Waals surface area contributed by atoms with E-state index in [9.17, 15) is 14.7 Å². The lowest BCUT2D eigenvalue weighted by atomic mass is 9.84. The lowest BCUT2D eigenvalue weighted by Crippen LogP contribution is -2.46. The largest absolute Gasteiger partial charge is 0.480 e. The van der Waals surface area contributed by atoms with Crippen molar-refractivity contribution in [1.82, 2.24) is 4.90 Å². The number of rotatable bonds is 4. The van der Waals surface area contributed by atoms with Crippen molar-refractivity contribution in [3.8, 4) is 0 Å². The average molecular weight is 291 g/mol. The average Bonchev–Trinajstić information content (AvgIpc) is 3.11. The van der Waals surface area contributed by atoms with Gasteiger partial charge in [-0.1, -0.05) is 12.8 Å². The molecule has 0 unspecified atom stereocenters. The Morgan fingerprint density at radius 2 is 2.14 bits per heavy atom. The summed E-state index contributed by atoms with van der Waals surface area (Å²) < 4.78 is 5.24. The van der Waals surface area contributed by atoms with E-state index < -0.39 is 12.0 Å². The number of hydrogen-bond donors (Lipinski definition) is 1. The van der Waals surface area contributed by atoms with Crippen LogP contribution in [0.25, 0.3) is 0 Å². The Labute approximate surface area is 123 Å². The molecule has 3 atom stereocenters. The van der Waals surface area contributed by atoms with Gasteiger partial charge in [-0.3, -0.25) is 4.79 Å². The van der Waals surface area contributed by atoms with Crippen LogP contribution in [0.5, 0.6) is 0 Å². The van der Waals surface area contributed by atoms with E-state index >= 15 is 0 Å². The summed E-state index contributed by atoms with van der Waals surface area (Å²) in [6.45, 7) is 0. The second-order valence-corrected chi connectivity index (χ2v) is 6.08. The number of carbonyl (C=O) groups is 2. The van der Waals surface area contributed by atoms with E-state index in [4.69, 9.17) is 4.42 Å². The van der Waals surface area contributed by atoms with E-state index in [1.54, 1.807) is 17.2 Å². The number of likely N-dealkylation sites (tertiary alicyclic amines) is 1. The Balaban J connectivity index is 1.70. The Hall–Kier alpha value is -1.78. The maximum absolute atomic E-state index is 12.5. The minimum Gasteiger partial charge on any atom is -0.480 e. The third-order valence-electron chi connectivity index (χ3n) is 4.83. The van der Waals surface area contributed by atoms with Crippen molar-refractivity contribution in [3.05, 3.63) is 24.2 Å². The summed E-state index contributed by atoms with van der Waals surface area (Å²) in [5, 5.41) is 9.42. The van der Waals surface area contributed by atoms with Gasteiger partial charge in [-0.05, 0) is 37.3 Å². The summed E-state index contributed by atoms with van der Waals surface area (Å²) in [5.74, 6) is 0.228. The van der Waals surface area contributed by atoms with Crippen LogP contribution in [0.2, 0.25) is 0 Å². The molecule has 21 heavy (non-hydrogen) atoms. The lowest BCUT2D eigenvalue weighted by molar-refractivity contribution is -0.149. The minimum atomic E-state index is -0.865. The number of furan rings is 1. The van der Waals surface area contributed by atoms with E-state index in [0.29, 0.717) is 25.2 Å². The van der Waals surface area contributed by atoms with Crippen LogP contribution >= 0.6 is 0 Å². The van der Waals surface area contributed by atoms with Crippen LogP contribution in [0.1, 0.15) is 44.3 Å². The highest BCUT2D eigenvalue weighted by molar-refractivity contribution is 5.84. The van der Waals surface area contributed by atoms with Gasteiger partial charge in [-0.25, -0.2) is 4.79 Å². The Kier molecular flexibility index (Phi) is 3.99. The number of carboxylic acid groups (broad SMARTS) is 1. The Morgan fingerprint density at radius 3 is 2.86 bits per heavy atom. The van der Waals surface area contributed by atoms with Crippen LogP contribution < -0.4 is 0 Å². The molecule has 5 nitrogen and oxygen atoms in total. The van der Waals surface area contributed by atoms with Gasteiger partial charge >= 0.3 is 5.97 Å². The molecule has 1 saturated carbocycles. The normalized spacial score (nSPS) is 28.4. The molecule has 0 radical (unpaired) electrons. The third-order valence-corrected chi connectivity index (χ3v) is 4.83. The van der Waals surface area contributed by atoms with Gasteiger partial charge in [0.15, 0.2) is 0 Å². The number of carbonyl (C=O) groups excluding carboxylic acids is 1. The number of aliphatic carboxylic acids is 1. The maximum atomic E-state index is 12.5. The van der Waals surface area contributed by atoms with Gasteiger partial charge in [-0.15, -0.1) is 0 Å². The molecule has 0 spiro atoms. The topological polar surface area (TPSA) is 70.8 Å². The van der Waals surface area contributed by atoms with Crippen molar-refractivity contribution < 1.29 is 19.1 Å². The van der Waals surface area contributed by atoms with E-state index in [0.717, 1.165) is 31.4 Å². The van der Waals surface area contributed by atoms with E-state index in [1.807, 2.05) is 6.07 Å². The number of hydrogen-bond acceptors (Lipinski definition) is 3. The SMILES string of the molecule is O=C(O)[C@@H]1C[C@H]2CCCC[C@H]2N1C(=O)CCc1ccco1. The molecule has 0 bridgehead atoms. The predicted octanol–water partition coefficient (Wildman–Crippen LogP) is 2.46. The molecule has 1 amide bonds. The standard InChI is InChI=1S/C16H21NO4/c18-15(8-7-12-5-3-9-21-12)17-13-6-2-1-4-11(13)10-14(17)16(19)20/h3,5,9,11,13-14H,1-2,4,6-8,10H2,(H,19,20)/t11-,13-,14+/m1/s1. The number of aryl methyl sites for hydroxylation is 1. The Morgan fingerprint density at radius 1 is 1.33 bits per heavy atom. The van der Waals surface area contributed by atoms with Crippen molar-refractivity contribution in [2.75, 3.05) is 0 Å². The molecule has 2 aliphatic rings. The highest BCUT2D eigenvalue weighted by atomic mass is 16.4. The molecule has 0 aromatic carbocycles. The van der Waals surface area contributed by atoms with E-state index in [1.165, 1.54) is 0 Å². The Bertz CT molecular complexity index is 510. The van der Waals surface area contributed by atoms with Crippen LogP contribution in [0.15, 0.2) is 22.8 Å². The fourth-order valence-corrected chi connectivity index (χ4v) is 3.85. The van der Waals surface area contributed by atoms with Crippen molar-refractivity contribution in [2.24, 2.45) is 5.92 Å². The minimum absolute atomic E-state index is 0.0480. The summed E-state index contributed by atoms with van der Waals surface area (Å²) in [6, 6.07) is 3.13. The monoisotopic (exact) mass is 291 g/mol. The zero-order valence-corrected chi connectivity index (χ0v) is 12.0. The van der Waals surface area contributed by atoms with Crippen molar-refractivity contribution in [1.29, 1.82) is 0 Å². The summed E-state index contributed by atoms with van der Waals surface area (Å²) in [6.07, 6.45) is 7.31. The number of nitrogens with zero attached hydrogens (tertiary/aromatic N) is 1. The summed E-state index contributed by atoms with van der Waals surface area (Å²) in [5.41, 5.74) is 0. The second-order valence-electron chi connectivity index (χ2n) is 6.08. The van der Waals surface area contributed by atoms with Gasteiger partial charge in [-0.2, -0.15) is 0 Å². The molecular formula is C16H21NO4. The molecule has 1 aromatic rings. The zero-order valence-electron chi connectivity index (χ0n) is 12.0. The smallest absolute Gasteiger partial charge is 0.326 e. The quantitative estimate of drug-likeness (QED) is 0.925. The molecule has 1 aliphatic heterocycles. The zero-order chi connectivity index (χ0) is 14.8. The molecule has 5 heteroatoms. The molecule has 114 valence electrons. The fourth-order valence-electron chi connectivity index (χ4n) is 3.85. The molecule has 2 heterocycles. The van der Waals surface area contributed by atoms with E-state index in [2.05, 4.69) is 0 Å². The molecule has 1 aliphatic carbocycles. The molecule has 3 rings (SSSR count).